The first-order chi connectivity index (χ1) is 8.92. The van der Waals surface area contributed by atoms with E-state index in [1.165, 1.54) is 13.2 Å². The molecule has 0 amide bonds. The molecule has 0 saturated heterocycles. The first-order valence-electron chi connectivity index (χ1n) is 6.12. The number of esters is 1. The van der Waals surface area contributed by atoms with Gasteiger partial charge < -0.3 is 9.64 Å². The van der Waals surface area contributed by atoms with Crippen LogP contribution < -0.4 is 0 Å². The Morgan fingerprint density at radius 3 is 2.37 bits per heavy atom. The van der Waals surface area contributed by atoms with Gasteiger partial charge in [-0.1, -0.05) is 6.07 Å². The van der Waals surface area contributed by atoms with Crippen molar-refractivity contribution in [3.05, 3.63) is 35.4 Å². The third-order valence-corrected chi connectivity index (χ3v) is 3.68. The maximum Gasteiger partial charge on any atom is 0.313 e. The second-order valence-corrected chi connectivity index (χ2v) is 5.19. The monoisotopic (exact) mass is 269 g/mol. The topological polar surface area (TPSA) is 29.5 Å². The summed E-state index contributed by atoms with van der Waals surface area (Å²) < 4.78 is 31.3. The molecule has 0 bridgehead atoms. The van der Waals surface area contributed by atoms with E-state index < -0.39 is 17.0 Å². The second-order valence-electron chi connectivity index (χ2n) is 5.19. The van der Waals surface area contributed by atoms with Gasteiger partial charge in [-0.05, 0) is 44.6 Å². The summed E-state index contributed by atoms with van der Waals surface area (Å²) in [5.41, 5.74) is -0.0468. The fourth-order valence-corrected chi connectivity index (χ4v) is 2.72. The van der Waals surface area contributed by atoms with Crippen molar-refractivity contribution in [2.24, 2.45) is 5.41 Å². The van der Waals surface area contributed by atoms with E-state index in [-0.39, 0.29) is 12.0 Å². The van der Waals surface area contributed by atoms with Crippen molar-refractivity contribution in [3.63, 3.8) is 0 Å². The van der Waals surface area contributed by atoms with E-state index in [0.29, 0.717) is 18.4 Å². The Morgan fingerprint density at radius 2 is 1.95 bits per heavy atom. The van der Waals surface area contributed by atoms with Crippen LogP contribution in [0.25, 0.3) is 0 Å². The van der Waals surface area contributed by atoms with Crippen LogP contribution in [-0.2, 0) is 9.53 Å². The molecular formula is C14H17F2NO2. The number of carbonyl (C=O) groups excluding carboxylic acids is 1. The Morgan fingerprint density at radius 1 is 1.32 bits per heavy atom. The van der Waals surface area contributed by atoms with Crippen molar-refractivity contribution in [2.45, 2.75) is 18.9 Å². The standard InChI is InChI=1S/C14H17F2NO2/c1-17(2)12(14(6-7-14)13(18)19-3)9-4-5-10(15)11(16)8-9/h4-5,8,12H,6-7H2,1-3H3. The summed E-state index contributed by atoms with van der Waals surface area (Å²) in [6, 6.07) is 3.46. The number of hydrogen-bond donors (Lipinski definition) is 0. The van der Waals surface area contributed by atoms with Crippen molar-refractivity contribution in [1.82, 2.24) is 4.90 Å². The molecule has 1 aliphatic carbocycles. The van der Waals surface area contributed by atoms with E-state index >= 15 is 0 Å². The number of nitrogens with zero attached hydrogens (tertiary/aromatic N) is 1. The number of ether oxygens (including phenoxy) is 1. The van der Waals surface area contributed by atoms with Gasteiger partial charge in [-0.25, -0.2) is 8.78 Å². The molecule has 1 unspecified atom stereocenters. The van der Waals surface area contributed by atoms with Crippen LogP contribution in [0.2, 0.25) is 0 Å². The minimum atomic E-state index is -0.898. The summed E-state index contributed by atoms with van der Waals surface area (Å²) in [5, 5.41) is 0. The molecule has 0 N–H and O–H groups in total. The summed E-state index contributed by atoms with van der Waals surface area (Å²) in [6.07, 6.45) is 1.39. The first-order valence-corrected chi connectivity index (χ1v) is 6.12. The van der Waals surface area contributed by atoms with E-state index in [2.05, 4.69) is 0 Å². The zero-order valence-corrected chi connectivity index (χ0v) is 11.2. The third kappa shape index (κ3) is 2.34. The van der Waals surface area contributed by atoms with Crippen LogP contribution in [0.3, 0.4) is 0 Å². The highest BCUT2D eigenvalue weighted by Gasteiger charge is 2.58. The summed E-state index contributed by atoms with van der Waals surface area (Å²) in [7, 11) is 4.98. The SMILES string of the molecule is COC(=O)C1(C(c2ccc(F)c(F)c2)N(C)C)CC1. The van der Waals surface area contributed by atoms with Crippen molar-refractivity contribution in [3.8, 4) is 0 Å². The summed E-state index contributed by atoms with van der Waals surface area (Å²) in [5.74, 6) is -2.08. The first kappa shape index (κ1) is 13.9. The van der Waals surface area contributed by atoms with Crippen LogP contribution in [0.4, 0.5) is 8.78 Å². The molecule has 1 aliphatic rings. The van der Waals surface area contributed by atoms with E-state index in [9.17, 15) is 13.6 Å². The molecule has 1 aromatic rings. The normalized spacial score (nSPS) is 18.2. The van der Waals surface area contributed by atoms with Gasteiger partial charge in [-0.2, -0.15) is 0 Å². The zero-order valence-electron chi connectivity index (χ0n) is 11.2. The molecule has 1 fully saturated rings. The fourth-order valence-electron chi connectivity index (χ4n) is 2.72. The third-order valence-electron chi connectivity index (χ3n) is 3.68. The van der Waals surface area contributed by atoms with Crippen molar-refractivity contribution >= 4 is 5.97 Å². The minimum Gasteiger partial charge on any atom is -0.469 e. The Kier molecular flexibility index (Phi) is 3.58. The second kappa shape index (κ2) is 4.89. The number of carbonyl (C=O) groups is 1. The van der Waals surface area contributed by atoms with Gasteiger partial charge in [0.1, 0.15) is 0 Å². The molecule has 1 aromatic carbocycles. The maximum absolute atomic E-state index is 13.4. The lowest BCUT2D eigenvalue weighted by molar-refractivity contribution is -0.150. The molecule has 1 atom stereocenters. The Labute approximate surface area is 111 Å². The summed E-state index contributed by atoms with van der Waals surface area (Å²) in [4.78, 5) is 13.8. The van der Waals surface area contributed by atoms with Crippen LogP contribution in [0.5, 0.6) is 0 Å². The average Bonchev–Trinajstić information content (AvgIpc) is 3.14. The molecule has 19 heavy (non-hydrogen) atoms. The number of benzene rings is 1. The van der Waals surface area contributed by atoms with E-state index in [0.717, 1.165) is 12.1 Å². The van der Waals surface area contributed by atoms with E-state index in [1.54, 1.807) is 0 Å². The number of hydrogen-bond acceptors (Lipinski definition) is 3. The van der Waals surface area contributed by atoms with Gasteiger partial charge in [-0.3, -0.25) is 4.79 Å². The van der Waals surface area contributed by atoms with Gasteiger partial charge in [-0.15, -0.1) is 0 Å². The molecular weight excluding hydrogens is 252 g/mol. The van der Waals surface area contributed by atoms with E-state index in [1.807, 2.05) is 19.0 Å². The van der Waals surface area contributed by atoms with Crippen molar-refractivity contribution in [1.29, 1.82) is 0 Å². The molecule has 1 saturated carbocycles. The van der Waals surface area contributed by atoms with Gasteiger partial charge in [0.15, 0.2) is 11.6 Å². The Hall–Kier alpha value is -1.49. The van der Waals surface area contributed by atoms with Gasteiger partial charge >= 0.3 is 5.97 Å². The lowest BCUT2D eigenvalue weighted by atomic mass is 9.89. The highest BCUT2D eigenvalue weighted by Crippen LogP contribution is 2.57. The molecule has 0 spiro atoms. The lowest BCUT2D eigenvalue weighted by Gasteiger charge is -2.31. The minimum absolute atomic E-state index is 0.295. The van der Waals surface area contributed by atoms with Gasteiger partial charge in [0.05, 0.1) is 18.6 Å². The van der Waals surface area contributed by atoms with Crippen molar-refractivity contribution in [2.75, 3.05) is 21.2 Å². The summed E-state index contributed by atoms with van der Waals surface area (Å²) >= 11 is 0. The molecule has 0 aliphatic heterocycles. The molecule has 5 heteroatoms. The van der Waals surface area contributed by atoms with Gasteiger partial charge in [0.25, 0.3) is 0 Å². The van der Waals surface area contributed by atoms with Crippen LogP contribution in [0, 0.1) is 17.0 Å². The number of methoxy groups -OCH3 is 1. The van der Waals surface area contributed by atoms with E-state index in [4.69, 9.17) is 4.74 Å². The van der Waals surface area contributed by atoms with Crippen molar-refractivity contribution < 1.29 is 18.3 Å². The number of halogens is 2. The molecule has 0 heterocycles. The number of rotatable bonds is 4. The van der Waals surface area contributed by atoms with Crippen LogP contribution in [0.15, 0.2) is 18.2 Å². The van der Waals surface area contributed by atoms with Gasteiger partial charge in [0.2, 0.25) is 0 Å². The Bertz CT molecular complexity index is 498. The molecule has 0 aromatic heterocycles. The smallest absolute Gasteiger partial charge is 0.313 e. The molecule has 3 nitrogen and oxygen atoms in total. The maximum atomic E-state index is 13.4. The molecule has 104 valence electrons. The Balaban J connectivity index is 2.41. The predicted molar refractivity (Wildman–Crippen MR) is 66.5 cm³/mol. The molecule has 0 radical (unpaired) electrons. The quantitative estimate of drug-likeness (QED) is 0.787. The average molecular weight is 269 g/mol. The zero-order chi connectivity index (χ0) is 14.2. The fraction of sp³-hybridized carbons (Fsp3) is 0.500. The highest BCUT2D eigenvalue weighted by atomic mass is 19.2. The summed E-state index contributed by atoms with van der Waals surface area (Å²) in [6.45, 7) is 0. The predicted octanol–water partition coefficient (Wildman–Crippen LogP) is 2.52. The van der Waals surface area contributed by atoms with Crippen LogP contribution in [-0.4, -0.2) is 32.1 Å². The van der Waals surface area contributed by atoms with Crippen LogP contribution in [0.1, 0.15) is 24.4 Å². The van der Waals surface area contributed by atoms with Crippen LogP contribution >= 0.6 is 0 Å². The lowest BCUT2D eigenvalue weighted by Crippen LogP contribution is -2.34. The largest absolute Gasteiger partial charge is 0.469 e. The molecule has 2 rings (SSSR count). The van der Waals surface area contributed by atoms with Gasteiger partial charge in [0, 0.05) is 0 Å². The highest BCUT2D eigenvalue weighted by molar-refractivity contribution is 5.81.